The number of urea groups is 1. The Hall–Kier alpha value is -3.30. The number of nitrogens with one attached hydrogen (secondary N) is 2. The van der Waals surface area contributed by atoms with E-state index in [0.717, 1.165) is 4.90 Å². The van der Waals surface area contributed by atoms with Crippen molar-refractivity contribution in [2.75, 3.05) is 13.1 Å². The number of pyridine rings is 1. The van der Waals surface area contributed by atoms with Gasteiger partial charge in [-0.3, -0.25) is 19.5 Å². The number of rotatable bonds is 5. The van der Waals surface area contributed by atoms with E-state index in [0.29, 0.717) is 11.4 Å². The first-order valence-corrected chi connectivity index (χ1v) is 7.16. The van der Waals surface area contributed by atoms with Crippen LogP contribution in [-0.2, 0) is 9.59 Å². The van der Waals surface area contributed by atoms with E-state index in [-0.39, 0.29) is 19.0 Å². The molecule has 0 saturated carbocycles. The highest BCUT2D eigenvalue weighted by Gasteiger charge is 2.30. The summed E-state index contributed by atoms with van der Waals surface area (Å²) in [6, 6.07) is 2.37. The molecule has 10 heteroatoms. The molecule has 24 heavy (non-hydrogen) atoms. The van der Waals surface area contributed by atoms with Crippen LogP contribution in [0.2, 0.25) is 0 Å². The second-order valence-electron chi connectivity index (χ2n) is 5.13. The van der Waals surface area contributed by atoms with Gasteiger partial charge in [0.15, 0.2) is 0 Å². The van der Waals surface area contributed by atoms with Gasteiger partial charge in [-0.05, 0) is 19.1 Å². The van der Waals surface area contributed by atoms with Crippen LogP contribution in [0.25, 0.3) is 11.4 Å². The minimum absolute atomic E-state index is 0.0974. The first-order valence-electron chi connectivity index (χ1n) is 7.16. The predicted molar refractivity (Wildman–Crippen MR) is 79.2 cm³/mol. The molecule has 1 atom stereocenters. The van der Waals surface area contributed by atoms with Crippen LogP contribution in [0.4, 0.5) is 4.79 Å². The van der Waals surface area contributed by atoms with Crippen molar-refractivity contribution in [1.29, 1.82) is 0 Å². The van der Waals surface area contributed by atoms with E-state index < -0.39 is 23.9 Å². The van der Waals surface area contributed by atoms with Gasteiger partial charge in [0.2, 0.25) is 17.6 Å². The molecule has 2 N–H and O–H groups in total. The van der Waals surface area contributed by atoms with Gasteiger partial charge in [-0.1, -0.05) is 5.16 Å². The zero-order chi connectivity index (χ0) is 17.1. The third-order valence-electron chi connectivity index (χ3n) is 3.35. The van der Waals surface area contributed by atoms with Gasteiger partial charge in [-0.25, -0.2) is 4.79 Å². The summed E-state index contributed by atoms with van der Waals surface area (Å²) in [5, 5.41) is 8.78. The highest BCUT2D eigenvalue weighted by molar-refractivity contribution is 6.04. The summed E-state index contributed by atoms with van der Waals surface area (Å²) in [6.45, 7) is 1.20. The summed E-state index contributed by atoms with van der Waals surface area (Å²) < 4.78 is 5.13. The molecule has 2 aromatic heterocycles. The van der Waals surface area contributed by atoms with Gasteiger partial charge in [-0.15, -0.1) is 0 Å². The van der Waals surface area contributed by atoms with Crippen molar-refractivity contribution in [2.45, 2.75) is 13.0 Å². The van der Waals surface area contributed by atoms with Gasteiger partial charge in [0.05, 0.1) is 6.54 Å². The Labute approximate surface area is 136 Å². The third kappa shape index (κ3) is 3.21. The summed E-state index contributed by atoms with van der Waals surface area (Å²) >= 11 is 0. The average Bonchev–Trinajstić information content (AvgIpc) is 3.18. The largest absolute Gasteiger partial charge is 0.343 e. The van der Waals surface area contributed by atoms with Gasteiger partial charge in [0.1, 0.15) is 12.6 Å². The van der Waals surface area contributed by atoms with Crippen LogP contribution < -0.4 is 10.6 Å². The predicted octanol–water partition coefficient (Wildman–Crippen LogP) is -0.139. The van der Waals surface area contributed by atoms with Crippen molar-refractivity contribution in [3.63, 3.8) is 0 Å². The lowest BCUT2D eigenvalue weighted by Crippen LogP contribution is -2.41. The molecular weight excluding hydrogens is 316 g/mol. The third-order valence-corrected chi connectivity index (χ3v) is 3.35. The maximum absolute atomic E-state index is 12.0. The van der Waals surface area contributed by atoms with Crippen LogP contribution in [0.15, 0.2) is 29.0 Å². The fourth-order valence-corrected chi connectivity index (χ4v) is 2.13. The van der Waals surface area contributed by atoms with E-state index in [4.69, 9.17) is 4.52 Å². The van der Waals surface area contributed by atoms with Crippen molar-refractivity contribution in [3.8, 4) is 11.4 Å². The molecule has 2 aromatic rings. The summed E-state index contributed by atoms with van der Waals surface area (Å²) in [4.78, 5) is 43.8. The lowest BCUT2D eigenvalue weighted by Gasteiger charge is -2.14. The van der Waals surface area contributed by atoms with E-state index in [1.807, 2.05) is 0 Å². The smallest absolute Gasteiger partial charge is 0.325 e. The number of imide groups is 1. The number of carbonyl (C=O) groups excluding carboxylic acids is 3. The normalized spacial score (nSPS) is 15.3. The number of carbonyl (C=O) groups is 3. The summed E-state index contributed by atoms with van der Waals surface area (Å²) in [5.41, 5.74) is 0.686. The molecule has 3 heterocycles. The standard InChI is InChI=1S/C14H14N6O4/c1-8(17-10(21)7-20-11(22)6-16-14(20)23)13-18-12(19-24-13)9-3-2-4-15-5-9/h2-5,8H,6-7H2,1H3,(H,16,23)(H,17,21)/t8-/m0/s1. The molecule has 0 bridgehead atoms. The molecule has 124 valence electrons. The molecule has 3 rings (SSSR count). The molecule has 0 radical (unpaired) electrons. The van der Waals surface area contributed by atoms with E-state index in [2.05, 4.69) is 25.8 Å². The van der Waals surface area contributed by atoms with E-state index in [1.165, 1.54) is 0 Å². The van der Waals surface area contributed by atoms with E-state index >= 15 is 0 Å². The highest BCUT2D eigenvalue weighted by Crippen LogP contribution is 2.17. The SMILES string of the molecule is C[C@H](NC(=O)CN1C(=O)CNC1=O)c1nc(-c2cccnc2)no1. The van der Waals surface area contributed by atoms with Crippen LogP contribution in [0.1, 0.15) is 18.9 Å². The molecule has 10 nitrogen and oxygen atoms in total. The Bertz CT molecular complexity index is 759. The minimum atomic E-state index is -0.584. The molecule has 4 amide bonds. The summed E-state index contributed by atoms with van der Waals surface area (Å²) in [6.07, 6.45) is 3.22. The molecule has 1 saturated heterocycles. The van der Waals surface area contributed by atoms with Crippen LogP contribution in [-0.4, -0.2) is 51.0 Å². The topological polar surface area (TPSA) is 130 Å². The number of hydrogen-bond acceptors (Lipinski definition) is 7. The summed E-state index contributed by atoms with van der Waals surface area (Å²) in [5.74, 6) is -0.388. The molecule has 1 fully saturated rings. The molecule has 1 aliphatic heterocycles. The molecule has 0 aliphatic carbocycles. The van der Waals surface area contributed by atoms with Gasteiger partial charge >= 0.3 is 6.03 Å². The number of aromatic nitrogens is 3. The Balaban J connectivity index is 1.62. The fraction of sp³-hybridized carbons (Fsp3) is 0.286. The lowest BCUT2D eigenvalue weighted by atomic mass is 10.3. The van der Waals surface area contributed by atoms with Crippen molar-refractivity contribution in [2.24, 2.45) is 0 Å². The average molecular weight is 330 g/mol. The van der Waals surface area contributed by atoms with Gasteiger partial charge in [0, 0.05) is 18.0 Å². The quantitative estimate of drug-likeness (QED) is 0.730. The van der Waals surface area contributed by atoms with Crippen molar-refractivity contribution in [3.05, 3.63) is 30.4 Å². The lowest BCUT2D eigenvalue weighted by molar-refractivity contribution is -0.131. The minimum Gasteiger partial charge on any atom is -0.343 e. The number of nitrogens with zero attached hydrogens (tertiary/aromatic N) is 4. The Morgan fingerprint density at radius 2 is 2.33 bits per heavy atom. The first kappa shape index (κ1) is 15.6. The Kier molecular flexibility index (Phi) is 4.18. The van der Waals surface area contributed by atoms with Crippen LogP contribution in [0, 0.1) is 0 Å². The summed E-state index contributed by atoms with van der Waals surface area (Å²) in [7, 11) is 0. The Morgan fingerprint density at radius 1 is 1.50 bits per heavy atom. The second kappa shape index (κ2) is 6.44. The Morgan fingerprint density at radius 3 is 3.00 bits per heavy atom. The zero-order valence-corrected chi connectivity index (χ0v) is 12.7. The fourth-order valence-electron chi connectivity index (χ4n) is 2.13. The van der Waals surface area contributed by atoms with Crippen molar-refractivity contribution in [1.82, 2.24) is 30.7 Å². The maximum Gasteiger partial charge on any atom is 0.325 e. The molecular formula is C14H14N6O4. The van der Waals surface area contributed by atoms with Crippen LogP contribution in [0.5, 0.6) is 0 Å². The van der Waals surface area contributed by atoms with Gasteiger partial charge in [0.25, 0.3) is 5.91 Å². The molecule has 0 aromatic carbocycles. The monoisotopic (exact) mass is 330 g/mol. The molecule has 1 aliphatic rings. The van der Waals surface area contributed by atoms with Crippen LogP contribution in [0.3, 0.4) is 0 Å². The highest BCUT2D eigenvalue weighted by atomic mass is 16.5. The maximum atomic E-state index is 12.0. The molecule has 0 unspecified atom stereocenters. The van der Waals surface area contributed by atoms with Gasteiger partial charge in [-0.2, -0.15) is 4.98 Å². The van der Waals surface area contributed by atoms with E-state index in [1.54, 1.807) is 31.5 Å². The second-order valence-corrected chi connectivity index (χ2v) is 5.13. The van der Waals surface area contributed by atoms with Crippen molar-refractivity contribution >= 4 is 17.8 Å². The number of amides is 4. The van der Waals surface area contributed by atoms with Crippen molar-refractivity contribution < 1.29 is 18.9 Å². The van der Waals surface area contributed by atoms with Crippen LogP contribution >= 0.6 is 0 Å². The first-order chi connectivity index (χ1) is 11.5. The zero-order valence-electron chi connectivity index (χ0n) is 12.7. The van der Waals surface area contributed by atoms with E-state index in [9.17, 15) is 14.4 Å². The molecule has 0 spiro atoms. The van der Waals surface area contributed by atoms with Gasteiger partial charge < -0.3 is 15.2 Å². The number of hydrogen-bond donors (Lipinski definition) is 2.